The predicted octanol–water partition coefficient (Wildman–Crippen LogP) is 4.47. The minimum Gasteiger partial charge on any atom is -0.447 e. The van der Waals surface area contributed by atoms with Crippen LogP contribution in [0.25, 0.3) is 11.3 Å². The highest BCUT2D eigenvalue weighted by Gasteiger charge is 2.34. The lowest BCUT2D eigenvalue weighted by Crippen LogP contribution is -2.36. The highest BCUT2D eigenvalue weighted by Crippen LogP contribution is 2.43. The van der Waals surface area contributed by atoms with Gasteiger partial charge in [0.2, 0.25) is 23.2 Å². The van der Waals surface area contributed by atoms with Gasteiger partial charge in [-0.3, -0.25) is 9.69 Å². The van der Waals surface area contributed by atoms with Gasteiger partial charge in [0.15, 0.2) is 5.69 Å². The van der Waals surface area contributed by atoms with Crippen molar-refractivity contribution in [3.8, 4) is 17.1 Å². The summed E-state index contributed by atoms with van der Waals surface area (Å²) in [4.78, 5) is 21.2. The number of thioether (sulfide) groups is 1. The maximum atomic E-state index is 12.9. The largest absolute Gasteiger partial charge is 0.447 e. The molecule has 4 rings (SSSR count). The number of anilines is 2. The first-order valence-corrected chi connectivity index (χ1v) is 11.1. The molecule has 0 radical (unpaired) electrons. The summed E-state index contributed by atoms with van der Waals surface area (Å²) >= 11 is 1.50. The fraction of sp³-hybridized carbons (Fsp3) is 0.304. The predicted molar refractivity (Wildman–Crippen MR) is 124 cm³/mol. The van der Waals surface area contributed by atoms with Crippen molar-refractivity contribution in [1.82, 2.24) is 15.2 Å². The molecule has 1 aliphatic rings. The summed E-state index contributed by atoms with van der Waals surface area (Å²) in [6.45, 7) is 5.58. The molecule has 0 saturated heterocycles. The number of amides is 1. The highest BCUT2D eigenvalue weighted by molar-refractivity contribution is 7.99. The first-order valence-electron chi connectivity index (χ1n) is 10.1. The van der Waals surface area contributed by atoms with Crippen LogP contribution in [0.4, 0.5) is 11.4 Å². The van der Waals surface area contributed by atoms with Crippen molar-refractivity contribution in [3.63, 3.8) is 0 Å². The highest BCUT2D eigenvalue weighted by atomic mass is 32.2. The van der Waals surface area contributed by atoms with Crippen molar-refractivity contribution < 1.29 is 9.53 Å². The van der Waals surface area contributed by atoms with E-state index in [0.717, 1.165) is 33.8 Å². The van der Waals surface area contributed by atoms with E-state index in [-0.39, 0.29) is 5.91 Å². The fourth-order valence-corrected chi connectivity index (χ4v) is 4.07. The van der Waals surface area contributed by atoms with Crippen LogP contribution in [0.2, 0.25) is 0 Å². The Kier molecular flexibility index (Phi) is 5.82. The minimum atomic E-state index is -0.674. The molecule has 0 bridgehead atoms. The number of nitrogens with zero attached hydrogens (tertiary/aromatic N) is 5. The van der Waals surface area contributed by atoms with Gasteiger partial charge in [0.1, 0.15) is 0 Å². The van der Waals surface area contributed by atoms with Crippen LogP contribution in [-0.2, 0) is 4.79 Å². The van der Waals surface area contributed by atoms with Gasteiger partial charge in [-0.1, -0.05) is 42.4 Å². The summed E-state index contributed by atoms with van der Waals surface area (Å²) in [5.74, 6) is 1.07. The summed E-state index contributed by atoms with van der Waals surface area (Å²) in [6.07, 6.45) is -0.674. The van der Waals surface area contributed by atoms with Crippen molar-refractivity contribution in [3.05, 3.63) is 53.6 Å². The lowest BCUT2D eigenvalue weighted by molar-refractivity contribution is -0.118. The minimum absolute atomic E-state index is 0.129. The summed E-state index contributed by atoms with van der Waals surface area (Å²) in [6, 6.07) is 13.9. The van der Waals surface area contributed by atoms with Crippen LogP contribution < -0.4 is 14.5 Å². The molecule has 1 aliphatic heterocycles. The van der Waals surface area contributed by atoms with Crippen LogP contribution in [0.15, 0.2) is 47.6 Å². The molecule has 31 heavy (non-hydrogen) atoms. The molecule has 3 aromatic rings. The lowest BCUT2D eigenvalue weighted by Gasteiger charge is -2.30. The Bertz CT molecular complexity index is 1120. The number of aryl methyl sites for hydroxylation is 1. The van der Waals surface area contributed by atoms with Crippen LogP contribution in [0.1, 0.15) is 31.2 Å². The quantitative estimate of drug-likeness (QED) is 0.560. The average molecular weight is 436 g/mol. The molecule has 1 amide bonds. The molecule has 7 nitrogen and oxygen atoms in total. The van der Waals surface area contributed by atoms with Crippen LogP contribution >= 0.6 is 11.8 Å². The van der Waals surface area contributed by atoms with E-state index in [1.54, 1.807) is 11.8 Å². The number of hydrogen-bond donors (Lipinski definition) is 0. The molecular formula is C23H25N5O2S. The summed E-state index contributed by atoms with van der Waals surface area (Å²) < 4.78 is 6.39. The second-order valence-electron chi connectivity index (χ2n) is 7.55. The third-order valence-corrected chi connectivity index (χ3v) is 5.79. The standard InChI is InChI=1S/C23H25N5O2S/c1-6-31-23-24-21-20(25-26-23)18-13-14(2)7-12-19(18)28(15(3)29)22(30-21)16-8-10-17(11-9-16)27(4)5/h7-13,22H,6H2,1-5H3/t22-/m1/s1. The van der Waals surface area contributed by atoms with E-state index in [0.29, 0.717) is 16.7 Å². The van der Waals surface area contributed by atoms with E-state index in [4.69, 9.17) is 4.74 Å². The molecule has 1 atom stereocenters. The average Bonchev–Trinajstić information content (AvgIpc) is 2.88. The van der Waals surface area contributed by atoms with E-state index in [1.165, 1.54) is 11.8 Å². The van der Waals surface area contributed by atoms with Crippen molar-refractivity contribution in [2.24, 2.45) is 0 Å². The number of fused-ring (bicyclic) bond motifs is 3. The van der Waals surface area contributed by atoms with Crippen molar-refractivity contribution in [1.29, 1.82) is 0 Å². The van der Waals surface area contributed by atoms with Gasteiger partial charge in [-0.25, -0.2) is 0 Å². The third kappa shape index (κ3) is 4.07. The number of rotatable bonds is 4. The number of ether oxygens (including phenoxy) is 1. The van der Waals surface area contributed by atoms with Crippen molar-refractivity contribution in [2.45, 2.75) is 32.2 Å². The molecule has 0 aliphatic carbocycles. The Labute approximate surface area is 186 Å². The lowest BCUT2D eigenvalue weighted by atomic mass is 10.0. The van der Waals surface area contributed by atoms with Crippen LogP contribution in [0.5, 0.6) is 5.88 Å². The molecule has 2 aromatic carbocycles. The van der Waals surface area contributed by atoms with Crippen LogP contribution in [-0.4, -0.2) is 40.9 Å². The SMILES string of the molecule is CCSc1nnc2c(n1)O[C@H](c1ccc(N(C)C)cc1)N(C(C)=O)c1ccc(C)cc1-2. The van der Waals surface area contributed by atoms with E-state index < -0.39 is 6.23 Å². The number of carbonyl (C=O) groups excluding carboxylic acids is 1. The van der Waals surface area contributed by atoms with Gasteiger partial charge in [0.25, 0.3) is 0 Å². The molecule has 1 aromatic heterocycles. The maximum Gasteiger partial charge on any atom is 0.247 e. The van der Waals surface area contributed by atoms with Gasteiger partial charge < -0.3 is 9.64 Å². The maximum absolute atomic E-state index is 12.9. The molecule has 0 spiro atoms. The Balaban J connectivity index is 1.92. The first kappa shape index (κ1) is 21.1. The van der Waals surface area contributed by atoms with Gasteiger partial charge in [0, 0.05) is 37.8 Å². The Morgan fingerprint density at radius 2 is 1.90 bits per heavy atom. The van der Waals surface area contributed by atoms with E-state index >= 15 is 0 Å². The molecule has 2 heterocycles. The number of benzene rings is 2. The first-order chi connectivity index (χ1) is 14.9. The van der Waals surface area contributed by atoms with Gasteiger partial charge in [0.05, 0.1) is 5.69 Å². The summed E-state index contributed by atoms with van der Waals surface area (Å²) in [5, 5.41) is 9.25. The normalized spacial score (nSPS) is 14.9. The van der Waals surface area contributed by atoms with Gasteiger partial charge >= 0.3 is 0 Å². The van der Waals surface area contributed by atoms with E-state index in [2.05, 4.69) is 15.2 Å². The number of hydrogen-bond acceptors (Lipinski definition) is 7. The summed E-state index contributed by atoms with van der Waals surface area (Å²) in [7, 11) is 3.98. The topological polar surface area (TPSA) is 71.5 Å². The molecule has 0 N–H and O–H groups in total. The zero-order chi connectivity index (χ0) is 22.1. The van der Waals surface area contributed by atoms with Crippen LogP contribution in [0, 0.1) is 6.92 Å². The Morgan fingerprint density at radius 3 is 2.55 bits per heavy atom. The molecule has 0 unspecified atom stereocenters. The van der Waals surface area contributed by atoms with Crippen molar-refractivity contribution in [2.75, 3.05) is 29.6 Å². The van der Waals surface area contributed by atoms with Crippen LogP contribution in [0.3, 0.4) is 0 Å². The molecule has 8 heteroatoms. The second kappa shape index (κ2) is 8.55. The van der Waals surface area contributed by atoms with E-state index in [1.807, 2.05) is 75.3 Å². The van der Waals surface area contributed by atoms with Gasteiger partial charge in [-0.05, 0) is 36.9 Å². The van der Waals surface area contributed by atoms with Gasteiger partial charge in [-0.15, -0.1) is 10.2 Å². The number of aromatic nitrogens is 3. The molecule has 0 fully saturated rings. The zero-order valence-electron chi connectivity index (χ0n) is 18.3. The Morgan fingerprint density at radius 1 is 1.16 bits per heavy atom. The third-order valence-electron chi connectivity index (χ3n) is 5.07. The van der Waals surface area contributed by atoms with Crippen molar-refractivity contribution >= 4 is 29.0 Å². The summed E-state index contributed by atoms with van der Waals surface area (Å²) in [5.41, 5.74) is 5.02. The van der Waals surface area contributed by atoms with E-state index in [9.17, 15) is 4.79 Å². The zero-order valence-corrected chi connectivity index (χ0v) is 19.1. The second-order valence-corrected chi connectivity index (χ2v) is 8.78. The monoisotopic (exact) mass is 435 g/mol. The Hall–Kier alpha value is -3.13. The smallest absolute Gasteiger partial charge is 0.247 e. The molecular weight excluding hydrogens is 410 g/mol. The molecule has 160 valence electrons. The van der Waals surface area contributed by atoms with Gasteiger partial charge in [-0.2, -0.15) is 4.98 Å². The molecule has 0 saturated carbocycles. The number of carbonyl (C=O) groups is 1. The fourth-order valence-electron chi connectivity index (χ4n) is 3.56.